The van der Waals surface area contributed by atoms with E-state index in [0.29, 0.717) is 5.56 Å². The maximum absolute atomic E-state index is 14.4. The summed E-state index contributed by atoms with van der Waals surface area (Å²) in [5, 5.41) is 0. The van der Waals surface area contributed by atoms with Gasteiger partial charge >= 0.3 is 16.0 Å². The molecule has 0 aromatic heterocycles. The molecule has 134 valence electrons. The topological polar surface area (TPSA) is 54.4 Å². The first kappa shape index (κ1) is 19.0. The summed E-state index contributed by atoms with van der Waals surface area (Å²) in [5.74, 6) is -15.1. The number of hydrogen-bond donors (Lipinski definition) is 1. The maximum atomic E-state index is 14.4. The van der Waals surface area contributed by atoms with Crippen molar-refractivity contribution < 1.29 is 39.3 Å². The van der Waals surface area contributed by atoms with Gasteiger partial charge in [0.1, 0.15) is 5.56 Å². The standard InChI is InChI=1S/C15H8F6O3S/c1-2-7-3-5-8(6-4-7)15(20,21)9-10(16)12(18)14(25(22,23)24)13(19)11(9)17/h2-6H,1H2,(H,22,23,24). The smallest absolute Gasteiger partial charge is 0.282 e. The molecule has 0 aliphatic carbocycles. The van der Waals surface area contributed by atoms with Crippen LogP contribution < -0.4 is 0 Å². The van der Waals surface area contributed by atoms with Crippen molar-refractivity contribution in [1.29, 1.82) is 0 Å². The van der Waals surface area contributed by atoms with Crippen molar-refractivity contribution in [3.8, 4) is 0 Å². The van der Waals surface area contributed by atoms with Gasteiger partial charge in [0.25, 0.3) is 0 Å². The quantitative estimate of drug-likeness (QED) is 0.488. The first-order valence-electron chi connectivity index (χ1n) is 6.37. The van der Waals surface area contributed by atoms with Crippen LogP contribution in [0.1, 0.15) is 16.7 Å². The molecule has 0 saturated heterocycles. The molecule has 0 saturated carbocycles. The molecule has 0 unspecified atom stereocenters. The highest BCUT2D eigenvalue weighted by Crippen LogP contribution is 2.41. The maximum Gasteiger partial charge on any atom is 0.304 e. The Labute approximate surface area is 138 Å². The second kappa shape index (κ2) is 6.19. The van der Waals surface area contributed by atoms with Crippen molar-refractivity contribution in [2.75, 3.05) is 0 Å². The van der Waals surface area contributed by atoms with E-state index in [9.17, 15) is 34.8 Å². The Balaban J connectivity index is 2.80. The molecule has 0 bridgehead atoms. The van der Waals surface area contributed by atoms with Crippen LogP contribution in [0, 0.1) is 23.3 Å². The van der Waals surface area contributed by atoms with Gasteiger partial charge in [0.05, 0.1) is 0 Å². The number of rotatable bonds is 4. The molecule has 10 heteroatoms. The van der Waals surface area contributed by atoms with Crippen LogP contribution >= 0.6 is 0 Å². The minimum atomic E-state index is -5.73. The fourth-order valence-corrected chi connectivity index (χ4v) is 2.72. The Kier molecular flexibility index (Phi) is 4.71. The molecular weight excluding hydrogens is 374 g/mol. The van der Waals surface area contributed by atoms with Gasteiger partial charge in [-0.2, -0.15) is 17.2 Å². The van der Waals surface area contributed by atoms with Crippen LogP contribution in [0.5, 0.6) is 0 Å². The average molecular weight is 382 g/mol. The highest BCUT2D eigenvalue weighted by Gasteiger charge is 2.45. The largest absolute Gasteiger partial charge is 0.304 e. The summed E-state index contributed by atoms with van der Waals surface area (Å²) >= 11 is 0. The number of benzene rings is 2. The van der Waals surface area contributed by atoms with E-state index >= 15 is 0 Å². The molecule has 0 heterocycles. The Hall–Kier alpha value is -2.33. The fourth-order valence-electron chi connectivity index (χ4n) is 2.09. The van der Waals surface area contributed by atoms with E-state index in [1.54, 1.807) is 0 Å². The summed E-state index contributed by atoms with van der Waals surface area (Å²) in [5.41, 5.74) is -2.94. The van der Waals surface area contributed by atoms with Crippen LogP contribution in [0.15, 0.2) is 35.7 Å². The van der Waals surface area contributed by atoms with Crippen molar-refractivity contribution in [2.45, 2.75) is 10.8 Å². The van der Waals surface area contributed by atoms with E-state index in [2.05, 4.69) is 6.58 Å². The van der Waals surface area contributed by atoms with Gasteiger partial charge < -0.3 is 0 Å². The molecular formula is C15H8F6O3S. The summed E-state index contributed by atoms with van der Waals surface area (Å²) in [7, 11) is -5.73. The SMILES string of the molecule is C=Cc1ccc(C(F)(F)c2c(F)c(F)c(S(=O)(=O)O)c(F)c2F)cc1. The zero-order valence-electron chi connectivity index (χ0n) is 12.0. The summed E-state index contributed by atoms with van der Waals surface area (Å²) in [6, 6.07) is 3.74. The molecule has 2 aromatic carbocycles. The zero-order chi connectivity index (χ0) is 19.2. The number of halogens is 6. The predicted molar refractivity (Wildman–Crippen MR) is 75.6 cm³/mol. The third-order valence-corrected chi connectivity index (χ3v) is 4.18. The van der Waals surface area contributed by atoms with Gasteiger partial charge in [-0.25, -0.2) is 17.6 Å². The van der Waals surface area contributed by atoms with Crippen molar-refractivity contribution >= 4 is 16.2 Å². The zero-order valence-corrected chi connectivity index (χ0v) is 12.9. The minimum Gasteiger partial charge on any atom is -0.282 e. The molecule has 0 spiro atoms. The van der Waals surface area contributed by atoms with Crippen LogP contribution in [0.25, 0.3) is 6.08 Å². The van der Waals surface area contributed by atoms with Crippen molar-refractivity contribution in [1.82, 2.24) is 0 Å². The third-order valence-electron chi connectivity index (χ3n) is 3.30. The van der Waals surface area contributed by atoms with E-state index < -0.39 is 55.3 Å². The van der Waals surface area contributed by atoms with Crippen molar-refractivity contribution in [3.63, 3.8) is 0 Å². The van der Waals surface area contributed by atoms with Gasteiger partial charge in [-0.15, -0.1) is 0 Å². The summed E-state index contributed by atoms with van der Waals surface area (Å²) < 4.78 is 114. The minimum absolute atomic E-state index is 0.388. The third kappa shape index (κ3) is 3.14. The van der Waals surface area contributed by atoms with Gasteiger partial charge in [0.2, 0.25) is 0 Å². The second-order valence-electron chi connectivity index (χ2n) is 4.84. The van der Waals surface area contributed by atoms with E-state index in [4.69, 9.17) is 4.55 Å². The van der Waals surface area contributed by atoms with E-state index in [-0.39, 0.29) is 0 Å². The lowest BCUT2D eigenvalue weighted by Gasteiger charge is -2.20. The van der Waals surface area contributed by atoms with E-state index in [0.717, 1.165) is 24.3 Å². The van der Waals surface area contributed by atoms with Crippen LogP contribution in [0.4, 0.5) is 26.3 Å². The first-order valence-corrected chi connectivity index (χ1v) is 7.81. The Morgan fingerprint density at radius 3 is 1.72 bits per heavy atom. The van der Waals surface area contributed by atoms with Gasteiger partial charge in [-0.05, 0) is 5.56 Å². The Morgan fingerprint density at radius 2 is 1.36 bits per heavy atom. The van der Waals surface area contributed by atoms with Crippen molar-refractivity contribution in [3.05, 3.63) is 70.8 Å². The molecule has 2 rings (SSSR count). The van der Waals surface area contributed by atoms with Crippen LogP contribution in [0.3, 0.4) is 0 Å². The monoisotopic (exact) mass is 382 g/mol. The molecule has 0 atom stereocenters. The van der Waals surface area contributed by atoms with Gasteiger partial charge in [0.15, 0.2) is 28.2 Å². The molecule has 0 amide bonds. The molecule has 25 heavy (non-hydrogen) atoms. The fraction of sp³-hybridized carbons (Fsp3) is 0.0667. The second-order valence-corrected chi connectivity index (χ2v) is 6.19. The first-order chi connectivity index (χ1) is 11.4. The molecule has 0 aliphatic heterocycles. The highest BCUT2D eigenvalue weighted by atomic mass is 32.2. The molecule has 2 aromatic rings. The predicted octanol–water partition coefficient (Wildman–Crippen LogP) is 4.27. The van der Waals surface area contributed by atoms with Crippen LogP contribution in [0.2, 0.25) is 0 Å². The number of hydrogen-bond acceptors (Lipinski definition) is 2. The van der Waals surface area contributed by atoms with Crippen molar-refractivity contribution in [2.24, 2.45) is 0 Å². The Bertz CT molecular complexity index is 923. The molecule has 1 N–H and O–H groups in total. The number of alkyl halides is 2. The van der Waals surface area contributed by atoms with Gasteiger partial charge in [0, 0.05) is 5.56 Å². The van der Waals surface area contributed by atoms with E-state index in [1.165, 1.54) is 6.08 Å². The Morgan fingerprint density at radius 1 is 0.920 bits per heavy atom. The highest BCUT2D eigenvalue weighted by molar-refractivity contribution is 7.85. The molecule has 0 fully saturated rings. The average Bonchev–Trinajstić information content (AvgIpc) is 2.52. The van der Waals surface area contributed by atoms with Gasteiger partial charge in [-0.1, -0.05) is 36.9 Å². The summed E-state index contributed by atoms with van der Waals surface area (Å²) in [6.07, 6.45) is 1.29. The normalized spacial score (nSPS) is 12.3. The summed E-state index contributed by atoms with van der Waals surface area (Å²) in [6.45, 7) is 3.38. The lowest BCUT2D eigenvalue weighted by atomic mass is 9.97. The van der Waals surface area contributed by atoms with Crippen LogP contribution in [-0.4, -0.2) is 13.0 Å². The van der Waals surface area contributed by atoms with Gasteiger partial charge in [-0.3, -0.25) is 4.55 Å². The van der Waals surface area contributed by atoms with Crippen LogP contribution in [-0.2, 0) is 16.0 Å². The molecule has 3 nitrogen and oxygen atoms in total. The molecule has 0 aliphatic rings. The summed E-state index contributed by atoms with van der Waals surface area (Å²) in [4.78, 5) is -2.39. The lowest BCUT2D eigenvalue weighted by molar-refractivity contribution is 0.0325. The molecule has 0 radical (unpaired) electrons. The van der Waals surface area contributed by atoms with E-state index in [1.807, 2.05) is 0 Å². The lowest BCUT2D eigenvalue weighted by Crippen LogP contribution is -2.23.